The third-order valence-corrected chi connectivity index (χ3v) is 16.5. The average molecular weight is 803 g/mol. The molecular weight excluding hydrogens is 734 g/mol. The van der Waals surface area contributed by atoms with E-state index in [1.807, 2.05) is 7.05 Å². The fourth-order valence-corrected chi connectivity index (χ4v) is 13.3. The maximum absolute atomic E-state index is 14.5. The normalized spacial score (nSPS) is 32.6. The number of ketones is 1. The molecule has 0 spiro atoms. The molecule has 0 bridgehead atoms. The summed E-state index contributed by atoms with van der Waals surface area (Å²) in [5, 5.41) is 9.58. The van der Waals surface area contributed by atoms with Crippen LogP contribution in [0, 0.1) is 62.1 Å². The van der Waals surface area contributed by atoms with Crippen LogP contribution in [0.4, 0.5) is 0 Å². The van der Waals surface area contributed by atoms with Crippen LogP contribution in [0.5, 0.6) is 0 Å². The van der Waals surface area contributed by atoms with Gasteiger partial charge in [0.2, 0.25) is 0 Å². The van der Waals surface area contributed by atoms with Crippen molar-refractivity contribution in [1.29, 1.82) is 5.26 Å². The third-order valence-electron chi connectivity index (χ3n) is 16.2. The molecule has 0 N–H and O–H groups in total. The van der Waals surface area contributed by atoms with E-state index in [0.717, 1.165) is 56.0 Å². The Kier molecular flexibility index (Phi) is 12.0. The molecule has 1 aromatic rings. The van der Waals surface area contributed by atoms with Crippen molar-refractivity contribution in [2.45, 2.75) is 152 Å². The third kappa shape index (κ3) is 6.90. The van der Waals surface area contributed by atoms with E-state index < -0.39 is 16.4 Å². The molecule has 0 aromatic carbocycles. The molecule has 3 saturated carbocycles. The Balaban J connectivity index is 1.57. The van der Waals surface area contributed by atoms with Crippen LogP contribution in [0.15, 0.2) is 46.3 Å². The zero-order valence-electron chi connectivity index (χ0n) is 37.0. The number of esters is 1. The second kappa shape index (κ2) is 15.3. The number of carbonyl (C=O) groups is 3. The molecule has 3 fully saturated rings. The monoisotopic (exact) mass is 801 g/mol. The maximum Gasteiger partial charge on any atom is 0.307 e. The predicted octanol–water partition coefficient (Wildman–Crippen LogP) is 10.7. The minimum atomic E-state index is -0.785. The number of aldehydes is 1. The minimum Gasteiger partial charge on any atom is -0.462 e. The van der Waals surface area contributed by atoms with Gasteiger partial charge < -0.3 is 9.53 Å². The fraction of sp³-hybridized carbons (Fsp3) is 0.688. The van der Waals surface area contributed by atoms with Crippen LogP contribution in [-0.2, 0) is 31.6 Å². The van der Waals surface area contributed by atoms with Gasteiger partial charge in [-0.15, -0.1) is 0 Å². The maximum atomic E-state index is 14.5. The van der Waals surface area contributed by atoms with Gasteiger partial charge >= 0.3 is 5.97 Å². The molecule has 0 saturated heterocycles. The largest absolute Gasteiger partial charge is 0.462 e. The Morgan fingerprint density at radius 1 is 1.05 bits per heavy atom. The summed E-state index contributed by atoms with van der Waals surface area (Å²) in [5.41, 5.74) is 1.09. The minimum absolute atomic E-state index is 0.00701. The Morgan fingerprint density at radius 3 is 2.26 bits per heavy atom. The van der Waals surface area contributed by atoms with Gasteiger partial charge in [0, 0.05) is 35.3 Å². The first-order chi connectivity index (χ1) is 26.4. The summed E-state index contributed by atoms with van der Waals surface area (Å²) in [5.74, 6) is 0.657. The fourth-order valence-electron chi connectivity index (χ4n) is 13.0. The molecule has 0 aliphatic heterocycles. The summed E-state index contributed by atoms with van der Waals surface area (Å²) in [7, 11) is 1.83. The van der Waals surface area contributed by atoms with Crippen molar-refractivity contribution < 1.29 is 19.1 Å². The number of hydrogen-bond acceptors (Lipinski definition) is 6. The highest BCUT2D eigenvalue weighted by atomic mass is 35.5. The smallest absolute Gasteiger partial charge is 0.307 e. The van der Waals surface area contributed by atoms with E-state index >= 15 is 0 Å². The number of halogens is 1. The van der Waals surface area contributed by atoms with Gasteiger partial charge in [0.05, 0.1) is 23.9 Å². The highest BCUT2D eigenvalue weighted by Crippen LogP contribution is 2.74. The molecule has 1 aromatic heterocycles. The Morgan fingerprint density at radius 2 is 1.70 bits per heavy atom. The molecule has 0 radical (unpaired) electrons. The van der Waals surface area contributed by atoms with E-state index in [1.165, 1.54) is 4.68 Å². The molecule has 1 heterocycles. The number of fused-ring (bicyclic) bond motifs is 3. The van der Waals surface area contributed by atoms with E-state index in [4.69, 9.17) is 16.3 Å². The highest BCUT2D eigenvalue weighted by Gasteiger charge is 2.68. The van der Waals surface area contributed by atoms with Crippen LogP contribution >= 0.6 is 11.6 Å². The standard InChI is InChI=1S/C48H68ClN3O5/c1-15-31(27-50)18-17-30(5)52-42(56)40(49)41(51(52)14)48(16-2)25-33(54)38(29(3)4)39(48)32-19-20-35-46(12)23-22-36(57-37(55)26-43(6,7)28-53)44(8,9)34(46)21-24-47(35,13)45(32,10)11/h15,17-18,28-29,32,34-36H,5,16,19-26H2,1-4,6-14H3/b18-17-,31-15+. The molecule has 4 aliphatic carbocycles. The lowest BCUT2D eigenvalue weighted by atomic mass is 9.35. The van der Waals surface area contributed by atoms with Gasteiger partial charge in [0.25, 0.3) is 5.56 Å². The number of aromatic nitrogens is 2. The van der Waals surface area contributed by atoms with E-state index in [0.29, 0.717) is 35.2 Å². The second-order valence-corrected chi connectivity index (χ2v) is 20.9. The van der Waals surface area contributed by atoms with E-state index in [1.54, 1.807) is 43.7 Å². The summed E-state index contributed by atoms with van der Waals surface area (Å²) in [4.78, 5) is 53.3. The van der Waals surface area contributed by atoms with Gasteiger partial charge in [-0.3, -0.25) is 19.1 Å². The summed E-state index contributed by atoms with van der Waals surface area (Å²) in [6, 6.07) is 2.14. The Bertz CT molecular complexity index is 2030. The number of allylic oxidation sites excluding steroid dienone is 7. The van der Waals surface area contributed by atoms with Crippen LogP contribution < -0.4 is 5.56 Å². The van der Waals surface area contributed by atoms with Gasteiger partial charge in [-0.2, -0.15) is 5.26 Å². The Hall–Kier alpha value is -3.44. The molecule has 5 rings (SSSR count). The molecule has 7 unspecified atom stereocenters. The van der Waals surface area contributed by atoms with E-state index in [-0.39, 0.29) is 69.2 Å². The van der Waals surface area contributed by atoms with Crippen molar-refractivity contribution in [3.05, 3.63) is 62.6 Å². The van der Waals surface area contributed by atoms with Crippen LogP contribution in [0.2, 0.25) is 5.02 Å². The second-order valence-electron chi connectivity index (χ2n) is 20.5. The lowest BCUT2D eigenvalue weighted by Crippen LogP contribution is -2.64. The zero-order valence-corrected chi connectivity index (χ0v) is 37.8. The summed E-state index contributed by atoms with van der Waals surface area (Å²) in [6.07, 6.45) is 12.3. The van der Waals surface area contributed by atoms with Gasteiger partial charge in [0.15, 0.2) is 5.78 Å². The van der Waals surface area contributed by atoms with Crippen molar-refractivity contribution in [3.63, 3.8) is 0 Å². The van der Waals surface area contributed by atoms with Crippen molar-refractivity contribution in [2.24, 2.45) is 57.8 Å². The van der Waals surface area contributed by atoms with Gasteiger partial charge in [-0.25, -0.2) is 4.68 Å². The van der Waals surface area contributed by atoms with Crippen molar-refractivity contribution >= 4 is 35.3 Å². The van der Waals surface area contributed by atoms with E-state index in [9.17, 15) is 24.4 Å². The first-order valence-electron chi connectivity index (χ1n) is 21.2. The quantitative estimate of drug-likeness (QED) is 0.0953. The van der Waals surface area contributed by atoms with Crippen molar-refractivity contribution in [1.82, 2.24) is 9.36 Å². The molecule has 57 heavy (non-hydrogen) atoms. The summed E-state index contributed by atoms with van der Waals surface area (Å²) in [6.45, 7) is 30.3. The first kappa shape index (κ1) is 44.7. The van der Waals surface area contributed by atoms with Crippen LogP contribution in [0.25, 0.3) is 5.70 Å². The predicted molar refractivity (Wildman–Crippen MR) is 228 cm³/mol. The Labute approximate surface area is 346 Å². The lowest BCUT2D eigenvalue weighted by molar-refractivity contribution is -0.224. The number of ether oxygens (including phenoxy) is 1. The van der Waals surface area contributed by atoms with Gasteiger partial charge in [-0.1, -0.05) is 100 Å². The summed E-state index contributed by atoms with van der Waals surface area (Å²) < 4.78 is 9.50. The topological polar surface area (TPSA) is 111 Å². The number of carbonyl (C=O) groups excluding carboxylic acids is 3. The molecule has 8 nitrogen and oxygen atoms in total. The van der Waals surface area contributed by atoms with Crippen molar-refractivity contribution in [3.8, 4) is 6.07 Å². The summed E-state index contributed by atoms with van der Waals surface area (Å²) >= 11 is 7.16. The van der Waals surface area contributed by atoms with E-state index in [2.05, 4.69) is 75.0 Å². The van der Waals surface area contributed by atoms with Crippen molar-refractivity contribution in [2.75, 3.05) is 0 Å². The average Bonchev–Trinajstić information content (AvgIpc) is 3.54. The SMILES string of the molecule is C=C(/C=C\C(C#N)=C/C)n1c(=O)c(Cl)c(C2(CC)CC(=O)C(C(C)C)=C2C2CCC3C4(C)CCC(OC(=O)CC(C)(C)C=O)C(C)(C)C4CCC3(C)C2(C)C)n1C. The van der Waals surface area contributed by atoms with Crippen LogP contribution in [0.1, 0.15) is 147 Å². The molecule has 4 aliphatic rings. The number of Topliss-reactive ketones (excluding diaryl/α,β-unsaturated/α-hetero) is 1. The molecule has 312 valence electrons. The lowest BCUT2D eigenvalue weighted by Gasteiger charge is -2.70. The molecular formula is C48H68ClN3O5. The van der Waals surface area contributed by atoms with Crippen LogP contribution in [-0.4, -0.2) is 33.5 Å². The zero-order chi connectivity index (χ0) is 42.8. The highest BCUT2D eigenvalue weighted by molar-refractivity contribution is 6.31. The van der Waals surface area contributed by atoms with Crippen LogP contribution in [0.3, 0.4) is 0 Å². The number of nitrogens with zero attached hydrogens (tertiary/aromatic N) is 3. The molecule has 7 atom stereocenters. The van der Waals surface area contributed by atoms with Gasteiger partial charge in [0.1, 0.15) is 17.4 Å². The first-order valence-corrected chi connectivity index (χ1v) is 21.6. The van der Waals surface area contributed by atoms with Gasteiger partial charge in [-0.05, 0) is 115 Å². The number of rotatable bonds is 11. The number of hydrogen-bond donors (Lipinski definition) is 0. The molecule has 0 amide bonds. The number of nitriles is 1. The molecule has 9 heteroatoms.